The molecule has 4 heteroatoms. The molecule has 0 saturated carbocycles. The second-order valence-electron chi connectivity index (χ2n) is 5.29. The van der Waals surface area contributed by atoms with E-state index in [2.05, 4.69) is 10.3 Å². The van der Waals surface area contributed by atoms with Crippen molar-refractivity contribution in [3.05, 3.63) is 35.5 Å². The smallest absolute Gasteiger partial charge is 0.224 e. The van der Waals surface area contributed by atoms with Crippen LogP contribution < -0.4 is 5.32 Å². The number of para-hydroxylation sites is 1. The molecule has 1 atom stereocenters. The first-order valence-corrected chi connectivity index (χ1v) is 7.08. The van der Waals surface area contributed by atoms with Gasteiger partial charge in [0.1, 0.15) is 0 Å². The Morgan fingerprint density at radius 2 is 2.15 bits per heavy atom. The number of aliphatic hydroxyl groups excluding tert-OH is 1. The molecule has 4 nitrogen and oxygen atoms in total. The number of benzene rings is 1. The lowest BCUT2D eigenvalue weighted by Gasteiger charge is -2.13. The van der Waals surface area contributed by atoms with Crippen LogP contribution in [0, 0.1) is 6.92 Å². The monoisotopic (exact) mass is 274 g/mol. The molecule has 0 spiro atoms. The van der Waals surface area contributed by atoms with Gasteiger partial charge >= 0.3 is 0 Å². The van der Waals surface area contributed by atoms with E-state index in [0.717, 1.165) is 28.6 Å². The molecule has 3 N–H and O–H groups in total. The number of aryl methyl sites for hydroxylation is 1. The van der Waals surface area contributed by atoms with Gasteiger partial charge in [-0.3, -0.25) is 4.79 Å². The van der Waals surface area contributed by atoms with Crippen LogP contribution in [0.5, 0.6) is 0 Å². The van der Waals surface area contributed by atoms with E-state index in [0.29, 0.717) is 12.8 Å². The molecule has 1 aromatic heterocycles. The molecule has 0 saturated heterocycles. The number of carbonyl (C=O) groups excluding carboxylic acids is 1. The Kier molecular flexibility index (Phi) is 4.79. The molecule has 20 heavy (non-hydrogen) atoms. The summed E-state index contributed by atoms with van der Waals surface area (Å²) in [5.41, 5.74) is 3.18. The zero-order valence-corrected chi connectivity index (χ0v) is 12.1. The van der Waals surface area contributed by atoms with Crippen LogP contribution in [0.25, 0.3) is 10.9 Å². The van der Waals surface area contributed by atoms with Gasteiger partial charge in [0.15, 0.2) is 0 Å². The maximum Gasteiger partial charge on any atom is 0.224 e. The van der Waals surface area contributed by atoms with Gasteiger partial charge in [-0.25, -0.2) is 0 Å². The maximum absolute atomic E-state index is 12.1. The van der Waals surface area contributed by atoms with Gasteiger partial charge in [-0.2, -0.15) is 0 Å². The summed E-state index contributed by atoms with van der Waals surface area (Å²) in [4.78, 5) is 15.4. The normalized spacial score (nSPS) is 12.6. The number of aromatic nitrogens is 1. The van der Waals surface area contributed by atoms with Gasteiger partial charge in [0.25, 0.3) is 0 Å². The SMILES string of the molecule is Cc1[nH]c2ccccc2c1CC(=O)NC(C)CCCO. The van der Waals surface area contributed by atoms with Crippen molar-refractivity contribution in [2.45, 2.75) is 39.2 Å². The van der Waals surface area contributed by atoms with E-state index < -0.39 is 0 Å². The summed E-state index contributed by atoms with van der Waals surface area (Å²) < 4.78 is 0. The van der Waals surface area contributed by atoms with Crippen molar-refractivity contribution in [3.8, 4) is 0 Å². The Morgan fingerprint density at radius 3 is 2.90 bits per heavy atom. The Hall–Kier alpha value is -1.81. The van der Waals surface area contributed by atoms with Crippen molar-refractivity contribution >= 4 is 16.8 Å². The van der Waals surface area contributed by atoms with Crippen LogP contribution in [0.2, 0.25) is 0 Å². The number of aromatic amines is 1. The lowest BCUT2D eigenvalue weighted by atomic mass is 10.1. The molecular formula is C16H22N2O2. The molecule has 1 aromatic carbocycles. The Bertz CT molecular complexity index is 589. The number of aliphatic hydroxyl groups is 1. The van der Waals surface area contributed by atoms with E-state index in [1.807, 2.05) is 38.1 Å². The highest BCUT2D eigenvalue weighted by Gasteiger charge is 2.13. The average Bonchev–Trinajstić information content (AvgIpc) is 2.73. The fourth-order valence-corrected chi connectivity index (χ4v) is 2.52. The number of nitrogens with one attached hydrogen (secondary N) is 2. The molecule has 0 bridgehead atoms. The van der Waals surface area contributed by atoms with Gasteiger partial charge in [-0.1, -0.05) is 18.2 Å². The molecule has 1 amide bonds. The second-order valence-corrected chi connectivity index (χ2v) is 5.29. The largest absolute Gasteiger partial charge is 0.396 e. The average molecular weight is 274 g/mol. The number of H-pyrrole nitrogens is 1. The molecule has 0 radical (unpaired) electrons. The third-order valence-electron chi connectivity index (χ3n) is 3.57. The molecule has 0 aliphatic heterocycles. The molecule has 1 heterocycles. The van der Waals surface area contributed by atoms with Gasteiger partial charge in [0.2, 0.25) is 5.91 Å². The van der Waals surface area contributed by atoms with Gasteiger partial charge < -0.3 is 15.4 Å². The van der Waals surface area contributed by atoms with Crippen molar-refractivity contribution in [3.63, 3.8) is 0 Å². The molecule has 0 fully saturated rings. The Morgan fingerprint density at radius 1 is 1.40 bits per heavy atom. The van der Waals surface area contributed by atoms with E-state index in [9.17, 15) is 4.79 Å². The van der Waals surface area contributed by atoms with Gasteiger partial charge in [-0.15, -0.1) is 0 Å². The highest BCUT2D eigenvalue weighted by Crippen LogP contribution is 2.22. The molecule has 0 aliphatic carbocycles. The summed E-state index contributed by atoms with van der Waals surface area (Å²) in [7, 11) is 0. The minimum atomic E-state index is 0.0308. The molecule has 2 aromatic rings. The van der Waals surface area contributed by atoms with Crippen molar-refractivity contribution in [2.75, 3.05) is 6.61 Å². The predicted molar refractivity (Wildman–Crippen MR) is 80.7 cm³/mol. The van der Waals surface area contributed by atoms with E-state index in [1.165, 1.54) is 0 Å². The summed E-state index contributed by atoms with van der Waals surface area (Å²) in [6.07, 6.45) is 1.90. The zero-order chi connectivity index (χ0) is 14.5. The Balaban J connectivity index is 2.04. The third kappa shape index (κ3) is 3.39. The van der Waals surface area contributed by atoms with Crippen molar-refractivity contribution in [2.24, 2.45) is 0 Å². The first kappa shape index (κ1) is 14.6. The standard InChI is InChI=1S/C16H22N2O2/c1-11(6-5-9-19)17-16(20)10-14-12(2)18-15-8-4-3-7-13(14)15/h3-4,7-8,11,18-19H,5-6,9-10H2,1-2H3,(H,17,20). The summed E-state index contributed by atoms with van der Waals surface area (Å²) >= 11 is 0. The number of rotatable bonds is 6. The van der Waals surface area contributed by atoms with E-state index in [1.54, 1.807) is 0 Å². The number of carbonyl (C=O) groups is 1. The van der Waals surface area contributed by atoms with Crippen molar-refractivity contribution in [1.29, 1.82) is 0 Å². The first-order valence-electron chi connectivity index (χ1n) is 7.08. The molecule has 1 unspecified atom stereocenters. The van der Waals surface area contributed by atoms with Crippen LogP contribution >= 0.6 is 0 Å². The number of fused-ring (bicyclic) bond motifs is 1. The van der Waals surface area contributed by atoms with Crippen LogP contribution in [0.4, 0.5) is 0 Å². The third-order valence-corrected chi connectivity index (χ3v) is 3.57. The predicted octanol–water partition coefficient (Wildman–Crippen LogP) is 2.30. The fraction of sp³-hybridized carbons (Fsp3) is 0.438. The first-order chi connectivity index (χ1) is 9.61. The lowest BCUT2D eigenvalue weighted by molar-refractivity contribution is -0.121. The zero-order valence-electron chi connectivity index (χ0n) is 12.1. The van der Waals surface area contributed by atoms with Crippen LogP contribution in [0.3, 0.4) is 0 Å². The van der Waals surface area contributed by atoms with Gasteiger partial charge in [0.05, 0.1) is 6.42 Å². The minimum absolute atomic E-state index is 0.0308. The molecule has 2 rings (SSSR count). The Labute approximate surface area is 119 Å². The summed E-state index contributed by atoms with van der Waals surface area (Å²) in [5.74, 6) is 0.0308. The molecule has 108 valence electrons. The van der Waals surface area contributed by atoms with Gasteiger partial charge in [0, 0.05) is 29.2 Å². The topological polar surface area (TPSA) is 65.1 Å². The summed E-state index contributed by atoms with van der Waals surface area (Å²) in [6.45, 7) is 4.13. The highest BCUT2D eigenvalue weighted by atomic mass is 16.2. The number of hydrogen-bond donors (Lipinski definition) is 3. The quantitative estimate of drug-likeness (QED) is 0.756. The minimum Gasteiger partial charge on any atom is -0.396 e. The van der Waals surface area contributed by atoms with E-state index >= 15 is 0 Å². The summed E-state index contributed by atoms with van der Waals surface area (Å²) in [6, 6.07) is 8.13. The second kappa shape index (κ2) is 6.57. The number of hydrogen-bond acceptors (Lipinski definition) is 2. The van der Waals surface area contributed by atoms with Crippen LogP contribution in [-0.4, -0.2) is 28.6 Å². The van der Waals surface area contributed by atoms with Crippen LogP contribution in [0.1, 0.15) is 31.0 Å². The van der Waals surface area contributed by atoms with Crippen LogP contribution in [-0.2, 0) is 11.2 Å². The van der Waals surface area contributed by atoms with Crippen molar-refractivity contribution < 1.29 is 9.90 Å². The molecular weight excluding hydrogens is 252 g/mol. The summed E-state index contributed by atoms with van der Waals surface area (Å²) in [5, 5.41) is 12.9. The highest BCUT2D eigenvalue weighted by molar-refractivity contribution is 5.90. The number of amides is 1. The van der Waals surface area contributed by atoms with E-state index in [4.69, 9.17) is 5.11 Å². The van der Waals surface area contributed by atoms with Crippen molar-refractivity contribution in [1.82, 2.24) is 10.3 Å². The van der Waals surface area contributed by atoms with Gasteiger partial charge in [-0.05, 0) is 38.3 Å². The van der Waals surface area contributed by atoms with E-state index in [-0.39, 0.29) is 18.6 Å². The van der Waals surface area contributed by atoms with Crippen LogP contribution in [0.15, 0.2) is 24.3 Å². The molecule has 0 aliphatic rings. The lowest BCUT2D eigenvalue weighted by Crippen LogP contribution is -2.33. The fourth-order valence-electron chi connectivity index (χ4n) is 2.52. The maximum atomic E-state index is 12.1.